The lowest BCUT2D eigenvalue weighted by Crippen LogP contribution is -2.33. The molecule has 0 radical (unpaired) electrons. The largest absolute Gasteiger partial charge is 0.459 e. The third kappa shape index (κ3) is 15.2. The third-order valence-corrected chi connectivity index (χ3v) is 2.37. The first-order chi connectivity index (χ1) is 10.3. The van der Waals surface area contributed by atoms with Crippen molar-refractivity contribution in [2.45, 2.75) is 39.7 Å². The molecule has 7 heteroatoms. The molecule has 0 atom stereocenters. The standard InChI is InChI=1S/C15H30N2O5/c1-5-13(18)17-7-9-21-11-10-20-8-6-16-12-14(19)22-15(2,3)4/h16H,5-12H2,1-4H3,(H,17,18). The van der Waals surface area contributed by atoms with Crippen LogP contribution in [-0.2, 0) is 23.8 Å². The smallest absolute Gasteiger partial charge is 0.320 e. The molecule has 0 saturated heterocycles. The summed E-state index contributed by atoms with van der Waals surface area (Å²) in [6.07, 6.45) is 0.486. The number of amides is 1. The summed E-state index contributed by atoms with van der Waals surface area (Å²) < 4.78 is 15.8. The van der Waals surface area contributed by atoms with Gasteiger partial charge in [-0.25, -0.2) is 0 Å². The highest BCUT2D eigenvalue weighted by molar-refractivity contribution is 5.75. The molecular weight excluding hydrogens is 288 g/mol. The van der Waals surface area contributed by atoms with Crippen molar-refractivity contribution in [2.75, 3.05) is 46.1 Å². The van der Waals surface area contributed by atoms with Gasteiger partial charge in [-0.15, -0.1) is 0 Å². The maximum atomic E-state index is 11.4. The number of carbonyl (C=O) groups is 2. The summed E-state index contributed by atoms with van der Waals surface area (Å²) in [5.74, 6) is -0.249. The number of rotatable bonds is 12. The molecule has 7 nitrogen and oxygen atoms in total. The molecule has 22 heavy (non-hydrogen) atoms. The van der Waals surface area contributed by atoms with Crippen LogP contribution in [0.5, 0.6) is 0 Å². The van der Waals surface area contributed by atoms with Crippen LogP contribution in [0.3, 0.4) is 0 Å². The molecule has 0 aromatic carbocycles. The molecule has 0 aliphatic carbocycles. The number of carbonyl (C=O) groups excluding carboxylic acids is 2. The highest BCUT2D eigenvalue weighted by Crippen LogP contribution is 2.05. The fraction of sp³-hybridized carbons (Fsp3) is 0.867. The Hall–Kier alpha value is -1.18. The Labute approximate surface area is 133 Å². The van der Waals surface area contributed by atoms with E-state index in [0.717, 1.165) is 0 Å². The number of esters is 1. The molecule has 0 bridgehead atoms. The van der Waals surface area contributed by atoms with Crippen molar-refractivity contribution in [3.05, 3.63) is 0 Å². The number of hydrogen-bond donors (Lipinski definition) is 2. The van der Waals surface area contributed by atoms with Crippen molar-refractivity contribution in [3.8, 4) is 0 Å². The molecule has 0 fully saturated rings. The van der Waals surface area contributed by atoms with Crippen LogP contribution in [0, 0.1) is 0 Å². The van der Waals surface area contributed by atoms with Gasteiger partial charge in [0, 0.05) is 19.5 Å². The van der Waals surface area contributed by atoms with Crippen molar-refractivity contribution >= 4 is 11.9 Å². The van der Waals surface area contributed by atoms with Crippen LogP contribution < -0.4 is 10.6 Å². The van der Waals surface area contributed by atoms with Crippen molar-refractivity contribution in [1.29, 1.82) is 0 Å². The molecule has 0 rings (SSSR count). The number of nitrogens with one attached hydrogen (secondary N) is 2. The zero-order chi connectivity index (χ0) is 16.8. The van der Waals surface area contributed by atoms with Gasteiger partial charge < -0.3 is 24.8 Å². The van der Waals surface area contributed by atoms with E-state index in [9.17, 15) is 9.59 Å². The fourth-order valence-electron chi connectivity index (χ4n) is 1.42. The van der Waals surface area contributed by atoms with Crippen LogP contribution in [0.1, 0.15) is 34.1 Å². The Morgan fingerprint density at radius 2 is 1.55 bits per heavy atom. The topological polar surface area (TPSA) is 85.9 Å². The van der Waals surface area contributed by atoms with Gasteiger partial charge in [-0.1, -0.05) is 6.92 Å². The molecular formula is C15H30N2O5. The first-order valence-electron chi connectivity index (χ1n) is 7.70. The molecule has 0 aromatic heterocycles. The lowest BCUT2D eigenvalue weighted by Gasteiger charge is -2.19. The van der Waals surface area contributed by atoms with Crippen molar-refractivity contribution in [1.82, 2.24) is 10.6 Å². The monoisotopic (exact) mass is 318 g/mol. The van der Waals surface area contributed by atoms with Crippen LogP contribution in [0.2, 0.25) is 0 Å². The summed E-state index contributed by atoms with van der Waals surface area (Å²) in [5.41, 5.74) is -0.455. The second kappa shape index (κ2) is 12.4. The summed E-state index contributed by atoms with van der Waals surface area (Å²) in [7, 11) is 0. The molecule has 0 spiro atoms. The van der Waals surface area contributed by atoms with Gasteiger partial charge in [-0.05, 0) is 20.8 Å². The second-order valence-electron chi connectivity index (χ2n) is 5.69. The van der Waals surface area contributed by atoms with Gasteiger partial charge in [0.15, 0.2) is 0 Å². The van der Waals surface area contributed by atoms with E-state index in [0.29, 0.717) is 45.9 Å². The number of ether oxygens (including phenoxy) is 3. The highest BCUT2D eigenvalue weighted by atomic mass is 16.6. The van der Waals surface area contributed by atoms with E-state index >= 15 is 0 Å². The van der Waals surface area contributed by atoms with Gasteiger partial charge in [0.2, 0.25) is 5.91 Å². The quantitative estimate of drug-likeness (QED) is 0.402. The minimum atomic E-state index is -0.455. The minimum absolute atomic E-state index is 0.0240. The van der Waals surface area contributed by atoms with E-state index in [1.807, 2.05) is 20.8 Å². The van der Waals surface area contributed by atoms with E-state index in [4.69, 9.17) is 14.2 Å². The Morgan fingerprint density at radius 1 is 0.955 bits per heavy atom. The normalized spacial score (nSPS) is 11.3. The molecule has 0 saturated carbocycles. The molecule has 0 heterocycles. The molecule has 130 valence electrons. The average molecular weight is 318 g/mol. The molecule has 0 aliphatic rings. The zero-order valence-corrected chi connectivity index (χ0v) is 14.2. The predicted octanol–water partition coefficient (Wildman–Crippen LogP) is 0.477. The van der Waals surface area contributed by atoms with Crippen LogP contribution in [0.25, 0.3) is 0 Å². The predicted molar refractivity (Wildman–Crippen MR) is 83.7 cm³/mol. The molecule has 0 unspecified atom stereocenters. The Kier molecular flexibility index (Phi) is 11.7. The third-order valence-electron chi connectivity index (χ3n) is 2.37. The maximum Gasteiger partial charge on any atom is 0.320 e. The van der Waals surface area contributed by atoms with Gasteiger partial charge in [0.05, 0.1) is 33.0 Å². The van der Waals surface area contributed by atoms with Crippen molar-refractivity contribution in [2.24, 2.45) is 0 Å². The van der Waals surface area contributed by atoms with Crippen molar-refractivity contribution < 1.29 is 23.8 Å². The van der Waals surface area contributed by atoms with E-state index in [-0.39, 0.29) is 18.4 Å². The van der Waals surface area contributed by atoms with E-state index in [1.165, 1.54) is 0 Å². The zero-order valence-electron chi connectivity index (χ0n) is 14.2. The molecule has 0 aliphatic heterocycles. The maximum absolute atomic E-state index is 11.4. The summed E-state index contributed by atoms with van der Waals surface area (Å²) >= 11 is 0. The van der Waals surface area contributed by atoms with Crippen LogP contribution in [0.15, 0.2) is 0 Å². The summed E-state index contributed by atoms with van der Waals surface area (Å²) in [6, 6.07) is 0. The first kappa shape index (κ1) is 20.8. The molecule has 1 amide bonds. The van der Waals surface area contributed by atoms with E-state index < -0.39 is 5.60 Å². The van der Waals surface area contributed by atoms with Gasteiger partial charge in [0.1, 0.15) is 5.60 Å². The van der Waals surface area contributed by atoms with Gasteiger partial charge >= 0.3 is 5.97 Å². The molecule has 2 N–H and O–H groups in total. The first-order valence-corrected chi connectivity index (χ1v) is 7.70. The van der Waals surface area contributed by atoms with Crippen LogP contribution in [-0.4, -0.2) is 63.5 Å². The summed E-state index contributed by atoms with van der Waals surface area (Å²) in [4.78, 5) is 22.3. The fourth-order valence-corrected chi connectivity index (χ4v) is 1.42. The van der Waals surface area contributed by atoms with Gasteiger partial charge in [-0.3, -0.25) is 9.59 Å². The minimum Gasteiger partial charge on any atom is -0.459 e. The average Bonchev–Trinajstić information content (AvgIpc) is 2.42. The SMILES string of the molecule is CCC(=O)NCCOCCOCCNCC(=O)OC(C)(C)C. The highest BCUT2D eigenvalue weighted by Gasteiger charge is 2.15. The Balaban J connectivity index is 3.24. The Bertz CT molecular complexity index is 316. The number of hydrogen-bond acceptors (Lipinski definition) is 6. The summed E-state index contributed by atoms with van der Waals surface area (Å²) in [6.45, 7) is 10.5. The summed E-state index contributed by atoms with van der Waals surface area (Å²) in [5, 5.41) is 5.67. The van der Waals surface area contributed by atoms with E-state index in [2.05, 4.69) is 10.6 Å². The van der Waals surface area contributed by atoms with E-state index in [1.54, 1.807) is 6.92 Å². The van der Waals surface area contributed by atoms with Crippen molar-refractivity contribution in [3.63, 3.8) is 0 Å². The molecule has 0 aromatic rings. The Morgan fingerprint density at radius 3 is 2.09 bits per heavy atom. The second-order valence-corrected chi connectivity index (χ2v) is 5.69. The lowest BCUT2D eigenvalue weighted by molar-refractivity contribution is -0.153. The van der Waals surface area contributed by atoms with Crippen LogP contribution in [0.4, 0.5) is 0 Å². The van der Waals surface area contributed by atoms with Gasteiger partial charge in [-0.2, -0.15) is 0 Å². The lowest BCUT2D eigenvalue weighted by atomic mass is 10.2. The van der Waals surface area contributed by atoms with Crippen LogP contribution >= 0.6 is 0 Å². The van der Waals surface area contributed by atoms with Gasteiger partial charge in [0.25, 0.3) is 0 Å².